The Bertz CT molecular complexity index is 545. The molecule has 0 aliphatic heterocycles. The van der Waals surface area contributed by atoms with Crippen molar-refractivity contribution in [1.82, 2.24) is 0 Å². The highest BCUT2D eigenvalue weighted by Crippen LogP contribution is 2.28. The Morgan fingerprint density at radius 1 is 1.25 bits per heavy atom. The molecule has 0 fully saturated rings. The number of para-hydroxylation sites is 1. The van der Waals surface area contributed by atoms with E-state index >= 15 is 0 Å². The van der Waals surface area contributed by atoms with Gasteiger partial charge in [0, 0.05) is 6.54 Å². The fourth-order valence-electron chi connectivity index (χ4n) is 1.80. The van der Waals surface area contributed by atoms with E-state index in [1.807, 2.05) is 6.07 Å². The van der Waals surface area contributed by atoms with Gasteiger partial charge in [-0.1, -0.05) is 17.3 Å². The van der Waals surface area contributed by atoms with Crippen LogP contribution in [-0.4, -0.2) is 36.9 Å². The van der Waals surface area contributed by atoms with Crippen LogP contribution in [0.1, 0.15) is 18.4 Å². The zero-order valence-electron chi connectivity index (χ0n) is 10.9. The van der Waals surface area contributed by atoms with Gasteiger partial charge in [0.25, 0.3) is 10.1 Å². The van der Waals surface area contributed by atoms with Crippen LogP contribution in [0.4, 0.5) is 5.69 Å². The van der Waals surface area contributed by atoms with Crippen molar-refractivity contribution in [3.8, 4) is 5.75 Å². The van der Waals surface area contributed by atoms with E-state index in [0.717, 1.165) is 5.56 Å². The third-order valence-electron chi connectivity index (χ3n) is 2.71. The third kappa shape index (κ3) is 5.98. The summed E-state index contributed by atoms with van der Waals surface area (Å²) in [7, 11) is -3.97. The molecular formula is C12H18N2O5S. The van der Waals surface area contributed by atoms with Crippen LogP contribution in [-0.2, 0) is 16.5 Å². The van der Waals surface area contributed by atoms with Gasteiger partial charge < -0.3 is 10.4 Å². The summed E-state index contributed by atoms with van der Waals surface area (Å²) in [5.74, 6) is -0.272. The molecule has 7 nitrogen and oxygen atoms in total. The predicted molar refractivity (Wildman–Crippen MR) is 76.6 cm³/mol. The molecule has 0 aliphatic rings. The Morgan fingerprint density at radius 2 is 2.00 bits per heavy atom. The lowest BCUT2D eigenvalue weighted by atomic mass is 10.1. The molecule has 0 radical (unpaired) electrons. The zero-order chi connectivity index (χ0) is 15.0. The third-order valence-corrected chi connectivity index (χ3v) is 3.51. The second-order valence-corrected chi connectivity index (χ2v) is 5.91. The number of hydrogen-bond acceptors (Lipinski definition) is 6. The van der Waals surface area contributed by atoms with Crippen LogP contribution in [0.5, 0.6) is 5.75 Å². The molecule has 3 N–H and O–H groups in total. The van der Waals surface area contributed by atoms with Crippen molar-refractivity contribution in [2.45, 2.75) is 19.3 Å². The monoisotopic (exact) mass is 302 g/mol. The number of phenolic OH excluding ortho intramolecular Hbond substituents is 1. The zero-order valence-corrected chi connectivity index (χ0v) is 11.8. The number of nitroso groups, excluding NO2 is 1. The maximum atomic E-state index is 10.6. The van der Waals surface area contributed by atoms with E-state index in [4.69, 9.17) is 4.55 Å². The fourth-order valence-corrected chi connectivity index (χ4v) is 2.31. The molecular weight excluding hydrogens is 284 g/mol. The lowest BCUT2D eigenvalue weighted by Crippen LogP contribution is -2.11. The van der Waals surface area contributed by atoms with Gasteiger partial charge in [-0.25, -0.2) is 0 Å². The van der Waals surface area contributed by atoms with Gasteiger partial charge in [0.15, 0.2) is 0 Å². The highest BCUT2D eigenvalue weighted by molar-refractivity contribution is 7.85. The molecule has 0 aliphatic carbocycles. The molecule has 1 aromatic rings. The average Bonchev–Trinajstić information content (AvgIpc) is 2.36. The minimum absolute atomic E-state index is 0.0633. The largest absolute Gasteiger partial charge is 0.506 e. The van der Waals surface area contributed by atoms with Crippen LogP contribution in [0.15, 0.2) is 23.4 Å². The average molecular weight is 302 g/mol. The number of aromatic hydroxyl groups is 1. The van der Waals surface area contributed by atoms with Crippen molar-refractivity contribution >= 4 is 15.8 Å². The van der Waals surface area contributed by atoms with E-state index in [1.165, 1.54) is 6.07 Å². The number of nitrogens with one attached hydrogen (secondary N) is 1. The van der Waals surface area contributed by atoms with Gasteiger partial charge in [0.1, 0.15) is 5.75 Å². The Morgan fingerprint density at radius 3 is 2.65 bits per heavy atom. The van der Waals surface area contributed by atoms with E-state index in [9.17, 15) is 18.4 Å². The number of anilines is 1. The Hall–Kier alpha value is -1.67. The molecule has 0 amide bonds. The number of rotatable bonds is 9. The van der Waals surface area contributed by atoms with E-state index < -0.39 is 10.1 Å². The smallest absolute Gasteiger partial charge is 0.264 e. The number of benzene rings is 1. The van der Waals surface area contributed by atoms with Crippen LogP contribution in [0.2, 0.25) is 0 Å². The molecule has 0 bridgehead atoms. The molecule has 1 aromatic carbocycles. The Labute approximate surface area is 117 Å². The van der Waals surface area contributed by atoms with Crippen molar-refractivity contribution in [3.63, 3.8) is 0 Å². The number of aryl methyl sites for hydroxylation is 1. The molecule has 0 aromatic heterocycles. The van der Waals surface area contributed by atoms with Gasteiger partial charge in [0.2, 0.25) is 0 Å². The number of phenols is 1. The predicted octanol–water partition coefficient (Wildman–Crippen LogP) is 1.78. The molecule has 0 atom stereocenters. The van der Waals surface area contributed by atoms with E-state index in [0.29, 0.717) is 25.1 Å². The van der Waals surface area contributed by atoms with Gasteiger partial charge in [-0.05, 0) is 30.9 Å². The molecule has 0 heterocycles. The number of nitrogens with zero attached hydrogens (tertiary/aromatic N) is 1. The quantitative estimate of drug-likeness (QED) is 0.277. The Kier molecular flexibility index (Phi) is 6.40. The summed E-state index contributed by atoms with van der Waals surface area (Å²) < 4.78 is 29.8. The minimum atomic E-state index is -3.97. The molecule has 0 saturated heterocycles. The van der Waals surface area contributed by atoms with Crippen LogP contribution in [0.3, 0.4) is 0 Å². The van der Waals surface area contributed by atoms with Crippen LogP contribution >= 0.6 is 0 Å². The normalized spacial score (nSPS) is 11.2. The number of hydrogen-bond donors (Lipinski definition) is 3. The highest BCUT2D eigenvalue weighted by atomic mass is 32.2. The SMILES string of the molecule is O=NCCCc1cccc(O)c1NCCCS(=O)(=O)O. The van der Waals surface area contributed by atoms with Crippen molar-refractivity contribution in [2.75, 3.05) is 24.2 Å². The standard InChI is InChI=1S/C12H18N2O5S/c15-11-6-1-4-10(5-2-8-14-16)12(11)13-7-3-9-20(17,18)19/h1,4,6,13,15H,2-3,5,7-9H2,(H,17,18,19). The molecule has 1 rings (SSSR count). The minimum Gasteiger partial charge on any atom is -0.506 e. The second kappa shape index (κ2) is 7.81. The molecule has 0 saturated carbocycles. The van der Waals surface area contributed by atoms with Gasteiger partial charge in [-0.2, -0.15) is 13.3 Å². The summed E-state index contributed by atoms with van der Waals surface area (Å²) in [5, 5.41) is 15.5. The van der Waals surface area contributed by atoms with Crippen molar-refractivity contribution < 1.29 is 18.1 Å². The van der Waals surface area contributed by atoms with Crippen molar-refractivity contribution in [1.29, 1.82) is 0 Å². The van der Waals surface area contributed by atoms with Crippen LogP contribution in [0, 0.1) is 4.91 Å². The summed E-state index contributed by atoms with van der Waals surface area (Å²) >= 11 is 0. The maximum Gasteiger partial charge on any atom is 0.264 e. The summed E-state index contributed by atoms with van der Waals surface area (Å²) in [6.07, 6.45) is 1.38. The van der Waals surface area contributed by atoms with E-state index in [1.54, 1.807) is 6.07 Å². The summed E-state index contributed by atoms with van der Waals surface area (Å²) in [6, 6.07) is 5.03. The van der Waals surface area contributed by atoms with E-state index in [2.05, 4.69) is 10.5 Å². The van der Waals surface area contributed by atoms with Crippen LogP contribution in [0.25, 0.3) is 0 Å². The topological polar surface area (TPSA) is 116 Å². The van der Waals surface area contributed by atoms with Crippen molar-refractivity contribution in [3.05, 3.63) is 28.7 Å². The molecule has 8 heteroatoms. The first-order chi connectivity index (χ1) is 9.44. The summed E-state index contributed by atoms with van der Waals surface area (Å²) in [6.45, 7) is 0.508. The molecule has 112 valence electrons. The van der Waals surface area contributed by atoms with E-state index in [-0.39, 0.29) is 24.5 Å². The molecule has 0 unspecified atom stereocenters. The fraction of sp³-hybridized carbons (Fsp3) is 0.500. The Balaban J connectivity index is 2.60. The van der Waals surface area contributed by atoms with Gasteiger partial charge in [0.05, 0.1) is 18.0 Å². The van der Waals surface area contributed by atoms with Gasteiger partial charge in [-0.3, -0.25) is 4.55 Å². The lowest BCUT2D eigenvalue weighted by molar-refractivity contribution is 0.476. The van der Waals surface area contributed by atoms with Gasteiger partial charge in [-0.15, -0.1) is 0 Å². The van der Waals surface area contributed by atoms with Crippen molar-refractivity contribution in [2.24, 2.45) is 5.18 Å². The van der Waals surface area contributed by atoms with Crippen LogP contribution < -0.4 is 5.32 Å². The first kappa shape index (κ1) is 16.4. The first-order valence-electron chi connectivity index (χ1n) is 6.23. The molecule has 20 heavy (non-hydrogen) atoms. The lowest BCUT2D eigenvalue weighted by Gasteiger charge is -2.13. The first-order valence-corrected chi connectivity index (χ1v) is 7.84. The summed E-state index contributed by atoms with van der Waals surface area (Å²) in [5.41, 5.74) is 1.36. The summed E-state index contributed by atoms with van der Waals surface area (Å²) in [4.78, 5) is 10.1. The maximum absolute atomic E-state index is 10.6. The molecule has 0 spiro atoms. The second-order valence-electron chi connectivity index (χ2n) is 4.33. The van der Waals surface area contributed by atoms with Gasteiger partial charge >= 0.3 is 0 Å². The highest BCUT2D eigenvalue weighted by Gasteiger charge is 2.08.